The third kappa shape index (κ3) is 3.62. The van der Waals surface area contributed by atoms with Crippen LogP contribution in [0.2, 0.25) is 0 Å². The summed E-state index contributed by atoms with van der Waals surface area (Å²) in [6.45, 7) is 0. The summed E-state index contributed by atoms with van der Waals surface area (Å²) < 4.78 is 24.7. The highest BCUT2D eigenvalue weighted by molar-refractivity contribution is 7.98. The fraction of sp³-hybridized carbons (Fsp3) is 0.143. The number of rotatable bonds is 5. The summed E-state index contributed by atoms with van der Waals surface area (Å²) in [5.41, 5.74) is 0.0306. The monoisotopic (exact) mass is 323 g/mol. The van der Waals surface area contributed by atoms with E-state index in [1.807, 2.05) is 6.26 Å². The SMILES string of the molecule is CSc1ccc([N+](=O)[O-])c(CS(=O)(=O)c2ccccc2)c1. The first-order valence-electron chi connectivity index (χ1n) is 6.03. The van der Waals surface area contributed by atoms with Crippen LogP contribution < -0.4 is 0 Å². The average Bonchev–Trinajstić information content (AvgIpc) is 2.47. The quantitative estimate of drug-likeness (QED) is 0.479. The van der Waals surface area contributed by atoms with Crippen molar-refractivity contribution in [3.05, 3.63) is 64.2 Å². The number of nitro groups is 1. The van der Waals surface area contributed by atoms with Gasteiger partial charge in [-0.2, -0.15) is 0 Å². The van der Waals surface area contributed by atoms with Crippen molar-refractivity contribution in [2.45, 2.75) is 15.5 Å². The summed E-state index contributed by atoms with van der Waals surface area (Å²) in [6.07, 6.45) is 1.83. The van der Waals surface area contributed by atoms with E-state index in [9.17, 15) is 18.5 Å². The second kappa shape index (κ2) is 6.28. The molecule has 0 atom stereocenters. The van der Waals surface area contributed by atoms with Crippen LogP contribution in [0, 0.1) is 10.1 Å². The molecule has 0 radical (unpaired) electrons. The molecule has 0 saturated heterocycles. The normalized spacial score (nSPS) is 11.3. The molecular formula is C14H13NO4S2. The Hall–Kier alpha value is -1.86. The van der Waals surface area contributed by atoms with Gasteiger partial charge in [0.2, 0.25) is 0 Å². The van der Waals surface area contributed by atoms with E-state index in [4.69, 9.17) is 0 Å². The Balaban J connectivity index is 2.45. The number of thioether (sulfide) groups is 1. The highest BCUT2D eigenvalue weighted by atomic mass is 32.2. The zero-order chi connectivity index (χ0) is 15.5. The average molecular weight is 323 g/mol. The van der Waals surface area contributed by atoms with Crippen LogP contribution in [0.3, 0.4) is 0 Å². The van der Waals surface area contributed by atoms with Gasteiger partial charge >= 0.3 is 0 Å². The van der Waals surface area contributed by atoms with Crippen molar-refractivity contribution in [2.75, 3.05) is 6.26 Å². The van der Waals surface area contributed by atoms with Gasteiger partial charge in [-0.15, -0.1) is 11.8 Å². The minimum Gasteiger partial charge on any atom is -0.258 e. The minimum absolute atomic E-state index is 0.161. The van der Waals surface area contributed by atoms with Gasteiger partial charge < -0.3 is 0 Å². The van der Waals surface area contributed by atoms with Gasteiger partial charge in [0.25, 0.3) is 5.69 Å². The zero-order valence-electron chi connectivity index (χ0n) is 11.2. The topological polar surface area (TPSA) is 77.3 Å². The molecule has 2 aromatic rings. The van der Waals surface area contributed by atoms with Crippen LogP contribution in [0.25, 0.3) is 0 Å². The lowest BCUT2D eigenvalue weighted by molar-refractivity contribution is -0.385. The molecule has 21 heavy (non-hydrogen) atoms. The predicted molar refractivity (Wildman–Crippen MR) is 82.2 cm³/mol. The van der Waals surface area contributed by atoms with E-state index in [0.29, 0.717) is 0 Å². The molecule has 7 heteroatoms. The van der Waals surface area contributed by atoms with Gasteiger partial charge in [0.1, 0.15) is 0 Å². The maximum atomic E-state index is 12.3. The smallest absolute Gasteiger partial charge is 0.258 e. The molecule has 2 aromatic carbocycles. The second-order valence-corrected chi connectivity index (χ2v) is 7.19. The van der Waals surface area contributed by atoms with Gasteiger partial charge in [0.15, 0.2) is 9.84 Å². The van der Waals surface area contributed by atoms with Crippen LogP contribution in [0.1, 0.15) is 5.56 Å². The lowest BCUT2D eigenvalue weighted by Gasteiger charge is -2.07. The Bertz CT molecular complexity index is 758. The van der Waals surface area contributed by atoms with E-state index >= 15 is 0 Å². The number of benzene rings is 2. The Morgan fingerprint density at radius 3 is 2.38 bits per heavy atom. The first kappa shape index (κ1) is 15.5. The van der Waals surface area contributed by atoms with Crippen LogP contribution >= 0.6 is 11.8 Å². The number of nitrogens with zero attached hydrogens (tertiary/aromatic N) is 1. The van der Waals surface area contributed by atoms with E-state index in [1.165, 1.54) is 30.0 Å². The number of hydrogen-bond acceptors (Lipinski definition) is 5. The first-order chi connectivity index (χ1) is 9.94. The summed E-state index contributed by atoms with van der Waals surface area (Å²) in [5.74, 6) is -0.387. The van der Waals surface area contributed by atoms with E-state index in [0.717, 1.165) is 4.90 Å². The number of nitro benzene ring substituents is 1. The highest BCUT2D eigenvalue weighted by Gasteiger charge is 2.22. The molecule has 0 N–H and O–H groups in total. The molecule has 0 saturated carbocycles. The van der Waals surface area contributed by atoms with Crippen LogP contribution in [0.5, 0.6) is 0 Å². The third-order valence-electron chi connectivity index (χ3n) is 2.93. The second-order valence-electron chi connectivity index (χ2n) is 4.32. The Morgan fingerprint density at radius 1 is 1.14 bits per heavy atom. The molecule has 5 nitrogen and oxygen atoms in total. The summed E-state index contributed by atoms with van der Waals surface area (Å²) in [5, 5.41) is 11.0. The molecule has 0 amide bonds. The molecule has 0 aromatic heterocycles. The van der Waals surface area contributed by atoms with Crippen molar-refractivity contribution in [1.82, 2.24) is 0 Å². The largest absolute Gasteiger partial charge is 0.273 e. The Morgan fingerprint density at radius 2 is 1.81 bits per heavy atom. The van der Waals surface area contributed by atoms with Crippen LogP contribution in [0.15, 0.2) is 58.3 Å². The number of sulfone groups is 1. The van der Waals surface area contributed by atoms with Crippen LogP contribution in [0.4, 0.5) is 5.69 Å². The summed E-state index contributed by atoms with van der Waals surface area (Å²) in [4.78, 5) is 11.4. The van der Waals surface area contributed by atoms with Crippen molar-refractivity contribution in [1.29, 1.82) is 0 Å². The molecular weight excluding hydrogens is 310 g/mol. The van der Waals surface area contributed by atoms with Gasteiger partial charge in [0.05, 0.1) is 15.6 Å². The summed E-state index contributed by atoms with van der Waals surface area (Å²) in [7, 11) is -3.61. The third-order valence-corrected chi connectivity index (χ3v) is 5.34. The van der Waals surface area contributed by atoms with Crippen LogP contribution in [-0.2, 0) is 15.6 Å². The maximum absolute atomic E-state index is 12.3. The van der Waals surface area contributed by atoms with Gasteiger partial charge in [-0.1, -0.05) is 18.2 Å². The summed E-state index contributed by atoms with van der Waals surface area (Å²) in [6, 6.07) is 12.5. The Kier molecular flexibility index (Phi) is 4.64. The van der Waals surface area contributed by atoms with E-state index < -0.39 is 14.8 Å². The molecule has 0 unspecified atom stereocenters. The van der Waals surface area contributed by atoms with Crippen molar-refractivity contribution >= 4 is 27.3 Å². The Labute approximate surface area is 127 Å². The van der Waals surface area contributed by atoms with E-state index in [-0.39, 0.29) is 21.9 Å². The van der Waals surface area contributed by atoms with Crippen molar-refractivity contribution < 1.29 is 13.3 Å². The summed E-state index contributed by atoms with van der Waals surface area (Å²) >= 11 is 1.41. The van der Waals surface area contributed by atoms with E-state index in [2.05, 4.69) is 0 Å². The lowest BCUT2D eigenvalue weighted by atomic mass is 10.2. The molecule has 0 spiro atoms. The standard InChI is InChI=1S/C14H13NO4S2/c1-20-12-7-8-14(15(16)17)11(9-12)10-21(18,19)13-5-3-2-4-6-13/h2-9H,10H2,1H3. The predicted octanol–water partition coefficient (Wildman–Crippen LogP) is 3.29. The number of hydrogen-bond donors (Lipinski definition) is 0. The maximum Gasteiger partial charge on any atom is 0.273 e. The molecule has 0 fully saturated rings. The van der Waals surface area contributed by atoms with Crippen molar-refractivity contribution in [3.63, 3.8) is 0 Å². The molecule has 110 valence electrons. The lowest BCUT2D eigenvalue weighted by Crippen LogP contribution is -2.07. The van der Waals surface area contributed by atoms with Gasteiger partial charge in [0, 0.05) is 16.5 Å². The first-order valence-corrected chi connectivity index (χ1v) is 8.91. The molecule has 0 aliphatic rings. The molecule has 0 aliphatic carbocycles. The van der Waals surface area contributed by atoms with Crippen molar-refractivity contribution in [2.24, 2.45) is 0 Å². The van der Waals surface area contributed by atoms with Crippen LogP contribution in [-0.4, -0.2) is 19.6 Å². The van der Waals surface area contributed by atoms with Gasteiger partial charge in [-0.25, -0.2) is 8.42 Å². The van der Waals surface area contributed by atoms with Gasteiger partial charge in [-0.05, 0) is 30.5 Å². The van der Waals surface area contributed by atoms with Gasteiger partial charge in [-0.3, -0.25) is 10.1 Å². The zero-order valence-corrected chi connectivity index (χ0v) is 12.9. The molecule has 0 aliphatic heterocycles. The minimum atomic E-state index is -3.61. The molecule has 2 rings (SSSR count). The van der Waals surface area contributed by atoms with E-state index in [1.54, 1.807) is 30.3 Å². The molecule has 0 bridgehead atoms. The molecule has 0 heterocycles. The fourth-order valence-electron chi connectivity index (χ4n) is 1.90. The van der Waals surface area contributed by atoms with Crippen molar-refractivity contribution in [3.8, 4) is 0 Å². The highest BCUT2D eigenvalue weighted by Crippen LogP contribution is 2.28. The fourth-order valence-corrected chi connectivity index (χ4v) is 3.74.